The number of hydrogen-bond donors (Lipinski definition) is 2. The van der Waals surface area contributed by atoms with Crippen molar-refractivity contribution in [3.8, 4) is 0 Å². The van der Waals surface area contributed by atoms with Gasteiger partial charge in [0.1, 0.15) is 10.6 Å². The summed E-state index contributed by atoms with van der Waals surface area (Å²) in [7, 11) is 0. The molecule has 22 heavy (non-hydrogen) atoms. The van der Waals surface area contributed by atoms with Crippen molar-refractivity contribution < 1.29 is 14.4 Å². The number of amides is 4. The molecular formula is C13H15ClN4O3S. The molecule has 4 amide bonds. The normalized spacial score (nSPS) is 21.0. The molecule has 1 aliphatic heterocycles. The van der Waals surface area contributed by atoms with Crippen molar-refractivity contribution in [3.63, 3.8) is 0 Å². The number of carbonyl (C=O) groups excluding carboxylic acids is 3. The first kappa shape index (κ1) is 16.6. The Labute approximate surface area is 136 Å². The quantitative estimate of drug-likeness (QED) is 0.626. The number of nitrogens with one attached hydrogen (secondary N) is 2. The molecule has 0 spiro atoms. The van der Waals surface area contributed by atoms with E-state index in [1.807, 2.05) is 0 Å². The van der Waals surface area contributed by atoms with E-state index < -0.39 is 23.4 Å². The largest absolute Gasteiger partial charge is 0.344 e. The van der Waals surface area contributed by atoms with E-state index in [9.17, 15) is 14.4 Å². The predicted octanol–water partition coefficient (Wildman–Crippen LogP) is 1.58. The smallest absolute Gasteiger partial charge is 0.322 e. The van der Waals surface area contributed by atoms with Crippen molar-refractivity contribution in [2.75, 3.05) is 5.75 Å². The van der Waals surface area contributed by atoms with E-state index in [-0.39, 0.29) is 5.75 Å². The fourth-order valence-corrected chi connectivity index (χ4v) is 2.75. The van der Waals surface area contributed by atoms with Crippen LogP contribution in [0, 0.1) is 0 Å². The van der Waals surface area contributed by atoms with Gasteiger partial charge in [-0.1, -0.05) is 30.3 Å². The van der Waals surface area contributed by atoms with Crippen LogP contribution in [0.4, 0.5) is 4.79 Å². The Hall–Kier alpha value is -1.80. The second-order valence-corrected chi connectivity index (χ2v) is 6.24. The van der Waals surface area contributed by atoms with E-state index in [4.69, 9.17) is 11.6 Å². The van der Waals surface area contributed by atoms with Gasteiger partial charge in [-0.2, -0.15) is 5.01 Å². The standard InChI is InChI=1S/C13H15ClN4O3S/c1-3-13(2)11(20)18(12(21)16-13)17-9(19)7-22-10-8(14)5-4-6-15-10/h4-6H,3,7H2,1-2H3,(H,16,21)(H,17,19). The molecule has 0 bridgehead atoms. The Morgan fingerprint density at radius 3 is 2.86 bits per heavy atom. The summed E-state index contributed by atoms with van der Waals surface area (Å²) in [4.78, 5) is 39.8. The minimum absolute atomic E-state index is 0.0172. The van der Waals surface area contributed by atoms with Crippen LogP contribution in [0.1, 0.15) is 20.3 Å². The molecule has 2 rings (SSSR count). The Balaban J connectivity index is 1.94. The third kappa shape index (κ3) is 3.33. The summed E-state index contributed by atoms with van der Waals surface area (Å²) < 4.78 is 0. The predicted molar refractivity (Wildman–Crippen MR) is 82.2 cm³/mol. The SMILES string of the molecule is CCC1(C)NC(=O)N(NC(=O)CSc2ncccc2Cl)C1=O. The molecule has 0 saturated carbocycles. The third-order valence-corrected chi connectivity index (χ3v) is 4.69. The molecule has 0 aliphatic carbocycles. The van der Waals surface area contributed by atoms with Gasteiger partial charge < -0.3 is 5.32 Å². The van der Waals surface area contributed by atoms with Crippen molar-refractivity contribution in [3.05, 3.63) is 23.4 Å². The van der Waals surface area contributed by atoms with Gasteiger partial charge in [-0.05, 0) is 25.5 Å². The molecule has 0 radical (unpaired) electrons. The van der Waals surface area contributed by atoms with Crippen LogP contribution in [-0.2, 0) is 9.59 Å². The Morgan fingerprint density at radius 1 is 1.55 bits per heavy atom. The van der Waals surface area contributed by atoms with Crippen molar-refractivity contribution >= 4 is 41.2 Å². The monoisotopic (exact) mass is 342 g/mol. The topological polar surface area (TPSA) is 91.4 Å². The highest BCUT2D eigenvalue weighted by atomic mass is 35.5. The van der Waals surface area contributed by atoms with Gasteiger partial charge in [0.05, 0.1) is 10.8 Å². The van der Waals surface area contributed by atoms with Gasteiger partial charge in [0, 0.05) is 6.20 Å². The first-order valence-electron chi connectivity index (χ1n) is 6.57. The highest BCUT2D eigenvalue weighted by molar-refractivity contribution is 8.00. The highest BCUT2D eigenvalue weighted by Gasteiger charge is 2.47. The molecule has 1 aromatic heterocycles. The number of rotatable bonds is 5. The molecule has 9 heteroatoms. The number of hydrazine groups is 1. The van der Waals surface area contributed by atoms with Crippen molar-refractivity contribution in [2.45, 2.75) is 30.8 Å². The summed E-state index contributed by atoms with van der Waals surface area (Å²) in [5.41, 5.74) is 1.31. The van der Waals surface area contributed by atoms with E-state index >= 15 is 0 Å². The maximum atomic E-state index is 12.1. The summed E-state index contributed by atoms with van der Waals surface area (Å²) in [6.45, 7) is 3.39. The number of urea groups is 1. The number of nitrogens with zero attached hydrogens (tertiary/aromatic N) is 2. The molecular weight excluding hydrogens is 328 g/mol. The van der Waals surface area contributed by atoms with E-state index in [1.54, 1.807) is 32.2 Å². The number of aromatic nitrogens is 1. The van der Waals surface area contributed by atoms with Gasteiger partial charge >= 0.3 is 6.03 Å². The molecule has 118 valence electrons. The molecule has 1 aromatic rings. The van der Waals surface area contributed by atoms with Crippen LogP contribution in [0.25, 0.3) is 0 Å². The fourth-order valence-electron chi connectivity index (χ4n) is 1.79. The lowest BCUT2D eigenvalue weighted by Crippen LogP contribution is -2.49. The van der Waals surface area contributed by atoms with Gasteiger partial charge in [-0.3, -0.25) is 15.0 Å². The summed E-state index contributed by atoms with van der Waals surface area (Å²) in [6.07, 6.45) is 2.00. The van der Waals surface area contributed by atoms with Crippen LogP contribution in [0.5, 0.6) is 0 Å². The minimum atomic E-state index is -0.984. The number of thioether (sulfide) groups is 1. The molecule has 1 saturated heterocycles. The van der Waals surface area contributed by atoms with Crippen molar-refractivity contribution in [2.24, 2.45) is 0 Å². The molecule has 0 aromatic carbocycles. The van der Waals surface area contributed by atoms with Crippen LogP contribution in [0.2, 0.25) is 5.02 Å². The van der Waals surface area contributed by atoms with E-state index in [2.05, 4.69) is 15.7 Å². The van der Waals surface area contributed by atoms with Crippen LogP contribution < -0.4 is 10.7 Å². The average Bonchev–Trinajstić information content (AvgIpc) is 2.70. The van der Waals surface area contributed by atoms with E-state index in [0.717, 1.165) is 11.8 Å². The van der Waals surface area contributed by atoms with Gasteiger partial charge in [-0.25, -0.2) is 9.78 Å². The number of carbonyl (C=O) groups is 3. The van der Waals surface area contributed by atoms with Crippen LogP contribution in [-0.4, -0.2) is 39.1 Å². The van der Waals surface area contributed by atoms with Crippen molar-refractivity contribution in [1.29, 1.82) is 0 Å². The summed E-state index contributed by atoms with van der Waals surface area (Å²) >= 11 is 7.06. The molecule has 1 aliphatic rings. The number of pyridine rings is 1. The third-order valence-electron chi connectivity index (χ3n) is 3.27. The van der Waals surface area contributed by atoms with Crippen LogP contribution in [0.15, 0.2) is 23.4 Å². The number of imide groups is 1. The lowest BCUT2D eigenvalue weighted by atomic mass is 10.00. The van der Waals surface area contributed by atoms with Gasteiger partial charge in [-0.15, -0.1) is 0 Å². The zero-order valence-electron chi connectivity index (χ0n) is 12.1. The molecule has 7 nitrogen and oxygen atoms in total. The van der Waals surface area contributed by atoms with Crippen LogP contribution in [0.3, 0.4) is 0 Å². The molecule has 1 unspecified atom stereocenters. The Kier molecular flexibility index (Phi) is 4.92. The average molecular weight is 343 g/mol. The first-order chi connectivity index (χ1) is 10.4. The zero-order valence-corrected chi connectivity index (χ0v) is 13.6. The lowest BCUT2D eigenvalue weighted by molar-refractivity contribution is -0.137. The summed E-state index contributed by atoms with van der Waals surface area (Å²) in [5, 5.41) is 4.21. The number of halogens is 1. The Morgan fingerprint density at radius 2 is 2.27 bits per heavy atom. The maximum Gasteiger partial charge on any atom is 0.344 e. The lowest BCUT2D eigenvalue weighted by Gasteiger charge is -2.19. The first-order valence-corrected chi connectivity index (χ1v) is 7.93. The molecule has 1 fully saturated rings. The summed E-state index contributed by atoms with van der Waals surface area (Å²) in [5.74, 6) is -0.985. The molecule has 1 atom stereocenters. The van der Waals surface area contributed by atoms with Crippen LogP contribution >= 0.6 is 23.4 Å². The van der Waals surface area contributed by atoms with Crippen molar-refractivity contribution in [1.82, 2.24) is 20.7 Å². The second kappa shape index (κ2) is 6.53. The van der Waals surface area contributed by atoms with E-state index in [0.29, 0.717) is 21.5 Å². The second-order valence-electron chi connectivity index (χ2n) is 4.87. The van der Waals surface area contributed by atoms with E-state index in [1.165, 1.54) is 0 Å². The summed E-state index contributed by atoms with van der Waals surface area (Å²) in [6, 6.07) is 2.72. The minimum Gasteiger partial charge on any atom is -0.322 e. The highest BCUT2D eigenvalue weighted by Crippen LogP contribution is 2.24. The van der Waals surface area contributed by atoms with Gasteiger partial charge in [0.15, 0.2) is 0 Å². The fraction of sp³-hybridized carbons (Fsp3) is 0.385. The molecule has 2 heterocycles. The van der Waals surface area contributed by atoms with Gasteiger partial charge in [0.2, 0.25) is 5.91 Å². The molecule has 2 N–H and O–H groups in total. The maximum absolute atomic E-state index is 12.1. The zero-order chi connectivity index (χ0) is 16.3. The number of hydrogen-bond acceptors (Lipinski definition) is 5. The van der Waals surface area contributed by atoms with Gasteiger partial charge in [0.25, 0.3) is 5.91 Å². The Bertz CT molecular complexity index is 627.